The summed E-state index contributed by atoms with van der Waals surface area (Å²) < 4.78 is 1.51. The van der Waals surface area contributed by atoms with Gasteiger partial charge in [0.15, 0.2) is 0 Å². The van der Waals surface area contributed by atoms with E-state index >= 15 is 0 Å². The molecule has 0 unspecified atom stereocenters. The zero-order chi connectivity index (χ0) is 10.7. The van der Waals surface area contributed by atoms with Crippen molar-refractivity contribution in [2.75, 3.05) is 12.3 Å². The maximum atomic E-state index is 11.6. The van der Waals surface area contributed by atoms with Crippen LogP contribution in [-0.4, -0.2) is 22.2 Å². The third kappa shape index (κ3) is 1.86. The van der Waals surface area contributed by atoms with Crippen LogP contribution >= 0.6 is 0 Å². The van der Waals surface area contributed by atoms with Gasteiger partial charge in [0.25, 0.3) is 5.91 Å². The van der Waals surface area contributed by atoms with Crippen molar-refractivity contribution in [1.82, 2.24) is 15.1 Å². The van der Waals surface area contributed by atoms with Crippen LogP contribution in [0.1, 0.15) is 29.5 Å². The molecule has 0 spiro atoms. The summed E-state index contributed by atoms with van der Waals surface area (Å²) in [5.74, 6) is -0.160. The lowest BCUT2D eigenvalue weighted by molar-refractivity contribution is 0.0945. The molecule has 1 aromatic rings. The van der Waals surface area contributed by atoms with Gasteiger partial charge in [0.2, 0.25) is 0 Å². The molecule has 0 aliphatic carbocycles. The summed E-state index contributed by atoms with van der Waals surface area (Å²) >= 11 is 0. The Morgan fingerprint density at radius 2 is 2.29 bits per heavy atom. The highest BCUT2D eigenvalue weighted by molar-refractivity contribution is 5.97. The van der Waals surface area contributed by atoms with Crippen LogP contribution in [0.4, 0.5) is 5.69 Å². The molecule has 3 N–H and O–H groups in total. The molecule has 5 nitrogen and oxygen atoms in total. The van der Waals surface area contributed by atoms with E-state index in [2.05, 4.69) is 10.4 Å². The average molecular weight is 196 g/mol. The Morgan fingerprint density at radius 3 is 2.71 bits per heavy atom. The first-order valence-corrected chi connectivity index (χ1v) is 4.65. The van der Waals surface area contributed by atoms with Crippen LogP contribution in [0.15, 0.2) is 0 Å². The Bertz CT molecular complexity index is 343. The number of nitrogens with one attached hydrogen (secondary N) is 1. The van der Waals surface area contributed by atoms with Crippen molar-refractivity contribution in [2.24, 2.45) is 7.05 Å². The molecular weight excluding hydrogens is 180 g/mol. The number of nitrogens with zero attached hydrogens (tertiary/aromatic N) is 2. The van der Waals surface area contributed by atoms with Crippen LogP contribution in [0.5, 0.6) is 0 Å². The van der Waals surface area contributed by atoms with Gasteiger partial charge in [-0.1, -0.05) is 6.92 Å². The van der Waals surface area contributed by atoms with Gasteiger partial charge in [-0.3, -0.25) is 9.48 Å². The second-order valence-electron chi connectivity index (χ2n) is 3.23. The number of carbonyl (C=O) groups excluding carboxylic acids is 1. The fourth-order valence-corrected chi connectivity index (χ4v) is 1.27. The molecule has 0 saturated carbocycles. The van der Waals surface area contributed by atoms with Gasteiger partial charge >= 0.3 is 0 Å². The van der Waals surface area contributed by atoms with Gasteiger partial charge in [0.1, 0.15) is 5.69 Å². The van der Waals surface area contributed by atoms with Crippen molar-refractivity contribution in [3.8, 4) is 0 Å². The van der Waals surface area contributed by atoms with Crippen LogP contribution in [0, 0.1) is 6.92 Å². The van der Waals surface area contributed by atoms with Crippen molar-refractivity contribution >= 4 is 11.6 Å². The standard InChI is InChI=1S/C9H16N4O/c1-4-5-11-9(14)8-7(10)6(2)12-13(8)3/h4-5,10H2,1-3H3,(H,11,14). The first kappa shape index (κ1) is 10.6. The van der Waals surface area contributed by atoms with Crippen LogP contribution in [0.25, 0.3) is 0 Å². The third-order valence-electron chi connectivity index (χ3n) is 2.02. The Hall–Kier alpha value is -1.52. The first-order chi connectivity index (χ1) is 6.57. The molecule has 0 bridgehead atoms. The van der Waals surface area contributed by atoms with E-state index < -0.39 is 0 Å². The van der Waals surface area contributed by atoms with Gasteiger partial charge in [-0.25, -0.2) is 0 Å². The minimum absolute atomic E-state index is 0.160. The molecule has 0 aliphatic rings. The number of carbonyl (C=O) groups is 1. The first-order valence-electron chi connectivity index (χ1n) is 4.65. The van der Waals surface area contributed by atoms with E-state index in [0.29, 0.717) is 23.6 Å². The fourth-order valence-electron chi connectivity index (χ4n) is 1.27. The van der Waals surface area contributed by atoms with Gasteiger partial charge in [-0.05, 0) is 13.3 Å². The molecule has 5 heteroatoms. The molecule has 1 aromatic heterocycles. The number of rotatable bonds is 3. The molecule has 78 valence electrons. The molecule has 14 heavy (non-hydrogen) atoms. The van der Waals surface area contributed by atoms with E-state index in [1.165, 1.54) is 4.68 Å². The second-order valence-corrected chi connectivity index (χ2v) is 3.23. The maximum absolute atomic E-state index is 11.6. The minimum Gasteiger partial charge on any atom is -0.395 e. The van der Waals surface area contributed by atoms with Gasteiger partial charge in [-0.2, -0.15) is 5.10 Å². The lowest BCUT2D eigenvalue weighted by atomic mass is 10.3. The lowest BCUT2D eigenvalue weighted by Crippen LogP contribution is -2.27. The largest absolute Gasteiger partial charge is 0.395 e. The van der Waals surface area contributed by atoms with Crippen molar-refractivity contribution in [3.63, 3.8) is 0 Å². The predicted octanol–water partition coefficient (Wildman–Crippen LogP) is 0.451. The summed E-state index contributed by atoms with van der Waals surface area (Å²) in [5.41, 5.74) is 7.32. The van der Waals surface area contributed by atoms with E-state index in [0.717, 1.165) is 6.42 Å². The predicted molar refractivity (Wildman–Crippen MR) is 55.0 cm³/mol. The lowest BCUT2D eigenvalue weighted by Gasteiger charge is -2.04. The van der Waals surface area contributed by atoms with E-state index in [4.69, 9.17) is 5.73 Å². The minimum atomic E-state index is -0.160. The quantitative estimate of drug-likeness (QED) is 0.737. The number of hydrogen-bond acceptors (Lipinski definition) is 3. The molecule has 0 aromatic carbocycles. The molecule has 0 atom stereocenters. The van der Waals surface area contributed by atoms with Crippen molar-refractivity contribution in [1.29, 1.82) is 0 Å². The molecule has 0 aliphatic heterocycles. The number of aryl methyl sites for hydroxylation is 2. The summed E-state index contributed by atoms with van der Waals surface area (Å²) in [6.45, 7) is 4.44. The van der Waals surface area contributed by atoms with Crippen LogP contribution < -0.4 is 11.1 Å². The van der Waals surface area contributed by atoms with Crippen LogP contribution in [0.3, 0.4) is 0 Å². The number of nitrogen functional groups attached to an aromatic ring is 1. The Kier molecular flexibility index (Phi) is 3.11. The molecule has 1 amide bonds. The number of anilines is 1. The SMILES string of the molecule is CCCNC(=O)c1c(N)c(C)nn1C. The van der Waals surface area contributed by atoms with E-state index in [-0.39, 0.29) is 5.91 Å². The second kappa shape index (κ2) is 4.13. The smallest absolute Gasteiger partial charge is 0.271 e. The number of amides is 1. The number of hydrogen-bond donors (Lipinski definition) is 2. The Labute approximate surface area is 83.3 Å². The Balaban J connectivity index is 2.89. The topological polar surface area (TPSA) is 72.9 Å². The molecule has 0 fully saturated rings. The van der Waals surface area contributed by atoms with Crippen LogP contribution in [-0.2, 0) is 7.05 Å². The summed E-state index contributed by atoms with van der Waals surface area (Å²) in [5, 5.41) is 6.83. The van der Waals surface area contributed by atoms with Gasteiger partial charge in [0.05, 0.1) is 11.4 Å². The highest BCUT2D eigenvalue weighted by Gasteiger charge is 2.16. The molecule has 0 saturated heterocycles. The highest BCUT2D eigenvalue weighted by Crippen LogP contribution is 2.14. The summed E-state index contributed by atoms with van der Waals surface area (Å²) in [6, 6.07) is 0. The average Bonchev–Trinajstić information content (AvgIpc) is 2.38. The third-order valence-corrected chi connectivity index (χ3v) is 2.02. The Morgan fingerprint density at radius 1 is 1.64 bits per heavy atom. The van der Waals surface area contributed by atoms with E-state index in [1.807, 2.05) is 6.92 Å². The number of aromatic nitrogens is 2. The van der Waals surface area contributed by atoms with Crippen molar-refractivity contribution in [2.45, 2.75) is 20.3 Å². The highest BCUT2D eigenvalue weighted by atomic mass is 16.2. The molecule has 1 rings (SSSR count). The molecule has 0 radical (unpaired) electrons. The normalized spacial score (nSPS) is 10.2. The zero-order valence-electron chi connectivity index (χ0n) is 8.79. The maximum Gasteiger partial charge on any atom is 0.271 e. The van der Waals surface area contributed by atoms with Gasteiger partial charge in [-0.15, -0.1) is 0 Å². The van der Waals surface area contributed by atoms with Gasteiger partial charge in [0, 0.05) is 13.6 Å². The fraction of sp³-hybridized carbons (Fsp3) is 0.556. The zero-order valence-corrected chi connectivity index (χ0v) is 8.79. The van der Waals surface area contributed by atoms with Crippen LogP contribution in [0.2, 0.25) is 0 Å². The van der Waals surface area contributed by atoms with Crippen molar-refractivity contribution in [3.05, 3.63) is 11.4 Å². The molecule has 1 heterocycles. The van der Waals surface area contributed by atoms with E-state index in [9.17, 15) is 4.79 Å². The monoisotopic (exact) mass is 196 g/mol. The summed E-state index contributed by atoms with van der Waals surface area (Å²) in [6.07, 6.45) is 0.905. The van der Waals surface area contributed by atoms with Crippen molar-refractivity contribution < 1.29 is 4.79 Å². The summed E-state index contributed by atoms with van der Waals surface area (Å²) in [4.78, 5) is 11.6. The molecular formula is C9H16N4O. The summed E-state index contributed by atoms with van der Waals surface area (Å²) in [7, 11) is 1.71. The van der Waals surface area contributed by atoms with E-state index in [1.54, 1.807) is 14.0 Å². The number of nitrogens with two attached hydrogens (primary N) is 1. The van der Waals surface area contributed by atoms with Gasteiger partial charge < -0.3 is 11.1 Å².